The molecule has 0 bridgehead atoms. The van der Waals surface area contributed by atoms with Crippen LogP contribution in [-0.4, -0.2) is 30.6 Å². The molecular weight excluding hydrogens is 450 g/mol. The first-order valence-electron chi connectivity index (χ1n) is 14.5. The minimum absolute atomic E-state index is 0.0504. The monoisotopic (exact) mass is 497 g/mol. The van der Waals surface area contributed by atoms with Crippen molar-refractivity contribution in [1.29, 1.82) is 0 Å². The number of amides is 1. The van der Waals surface area contributed by atoms with Crippen LogP contribution < -0.4 is 5.32 Å². The quantitative estimate of drug-likeness (QED) is 0.344. The second kappa shape index (κ2) is 9.51. The Morgan fingerprint density at radius 2 is 1.97 bits per heavy atom. The number of hydrogen-bond acceptors (Lipinski definition) is 4. The fourth-order valence-corrected chi connectivity index (χ4v) is 9.34. The molecule has 1 aliphatic heterocycles. The van der Waals surface area contributed by atoms with Crippen molar-refractivity contribution in [3.8, 4) is 0 Å². The zero-order valence-electron chi connectivity index (χ0n) is 23.3. The summed E-state index contributed by atoms with van der Waals surface area (Å²) in [5.41, 5.74) is 3.66. The molecule has 0 spiro atoms. The topological polar surface area (TPSA) is 64.6 Å². The molecule has 1 N–H and O–H groups in total. The summed E-state index contributed by atoms with van der Waals surface area (Å²) in [7, 11) is 0. The van der Waals surface area contributed by atoms with E-state index in [1.54, 1.807) is 12.5 Å². The summed E-state index contributed by atoms with van der Waals surface area (Å²) in [6.07, 6.45) is 13.0. The molecule has 0 saturated heterocycles. The number of esters is 1. The van der Waals surface area contributed by atoms with Crippen LogP contribution in [0.1, 0.15) is 99.3 Å². The maximum Gasteiger partial charge on any atom is 0.302 e. The van der Waals surface area contributed by atoms with Crippen molar-refractivity contribution >= 4 is 11.9 Å². The normalized spacial score (nSPS) is 41.8. The van der Waals surface area contributed by atoms with E-state index in [0.29, 0.717) is 23.4 Å². The Hall–Kier alpha value is -1.78. The van der Waals surface area contributed by atoms with E-state index in [4.69, 9.17) is 9.47 Å². The van der Waals surface area contributed by atoms with Crippen LogP contribution in [0.25, 0.3) is 0 Å². The number of allylic oxidation sites excluding steroid dienone is 2. The van der Waals surface area contributed by atoms with Gasteiger partial charge in [-0.2, -0.15) is 0 Å². The average Bonchev–Trinajstić information content (AvgIpc) is 3.29. The second-order valence-electron chi connectivity index (χ2n) is 13.3. The minimum atomic E-state index is -0.145. The number of ether oxygens (including phenoxy) is 2. The van der Waals surface area contributed by atoms with E-state index >= 15 is 0 Å². The maximum absolute atomic E-state index is 11.5. The van der Waals surface area contributed by atoms with E-state index in [2.05, 4.69) is 39.1 Å². The third kappa shape index (κ3) is 4.32. The molecule has 5 aliphatic rings. The summed E-state index contributed by atoms with van der Waals surface area (Å²) in [5, 5.41) is 2.95. The van der Waals surface area contributed by atoms with Gasteiger partial charge in [-0.15, -0.1) is 0 Å². The van der Waals surface area contributed by atoms with Gasteiger partial charge in [0.15, 0.2) is 0 Å². The highest BCUT2D eigenvalue weighted by molar-refractivity contribution is 5.72. The van der Waals surface area contributed by atoms with Gasteiger partial charge in [0, 0.05) is 39.2 Å². The molecule has 5 nitrogen and oxygen atoms in total. The Morgan fingerprint density at radius 1 is 1.19 bits per heavy atom. The van der Waals surface area contributed by atoms with Crippen molar-refractivity contribution in [2.24, 2.45) is 40.4 Å². The molecule has 0 aromatic rings. The van der Waals surface area contributed by atoms with Gasteiger partial charge in [-0.05, 0) is 91.9 Å². The van der Waals surface area contributed by atoms with E-state index in [0.717, 1.165) is 56.4 Å². The standard InChI is InChI=1S/C31H47NO4/c1-18(17-32-20(3)33)7-10-27-19(2)29-28(36-27)16-26-24-9-8-22-15-23(35-21(4)34)11-13-30(22,5)25(24)12-14-31(26,29)6/h8,18,23-26,28-29H,7,9-17H2,1-6H3,(H,32,33)/t18?,23?,24?,25?,26?,28?,29?,30-,31-/m0/s1. The number of rotatable bonds is 6. The van der Waals surface area contributed by atoms with Gasteiger partial charge in [-0.1, -0.05) is 32.4 Å². The third-order valence-corrected chi connectivity index (χ3v) is 11.2. The molecule has 1 heterocycles. The highest BCUT2D eigenvalue weighted by Gasteiger charge is 2.63. The molecule has 1 amide bonds. The van der Waals surface area contributed by atoms with Crippen molar-refractivity contribution in [3.05, 3.63) is 23.0 Å². The Bertz CT molecular complexity index is 968. The van der Waals surface area contributed by atoms with Gasteiger partial charge in [-0.25, -0.2) is 0 Å². The van der Waals surface area contributed by atoms with Crippen molar-refractivity contribution in [2.75, 3.05) is 6.54 Å². The van der Waals surface area contributed by atoms with Crippen molar-refractivity contribution in [3.63, 3.8) is 0 Å². The van der Waals surface area contributed by atoms with E-state index in [1.165, 1.54) is 43.9 Å². The lowest BCUT2D eigenvalue weighted by atomic mass is 9.47. The fraction of sp³-hybridized carbons (Fsp3) is 0.806. The summed E-state index contributed by atoms with van der Waals surface area (Å²) < 4.78 is 12.3. The molecule has 0 aromatic heterocycles. The first-order chi connectivity index (χ1) is 17.0. The second-order valence-corrected chi connectivity index (χ2v) is 13.3. The molecule has 36 heavy (non-hydrogen) atoms. The summed E-state index contributed by atoms with van der Waals surface area (Å²) in [6.45, 7) is 13.5. The fourth-order valence-electron chi connectivity index (χ4n) is 9.34. The van der Waals surface area contributed by atoms with Crippen molar-refractivity contribution in [1.82, 2.24) is 5.32 Å². The highest BCUT2D eigenvalue weighted by Crippen LogP contribution is 2.69. The third-order valence-electron chi connectivity index (χ3n) is 11.2. The predicted octanol–water partition coefficient (Wildman–Crippen LogP) is 6.33. The van der Waals surface area contributed by atoms with Crippen LogP contribution in [0.3, 0.4) is 0 Å². The molecule has 200 valence electrons. The van der Waals surface area contributed by atoms with Gasteiger partial charge in [0.25, 0.3) is 0 Å². The van der Waals surface area contributed by atoms with Gasteiger partial charge in [-0.3, -0.25) is 9.59 Å². The number of nitrogens with one attached hydrogen (secondary N) is 1. The Balaban J connectivity index is 1.29. The van der Waals surface area contributed by atoms with Crippen LogP contribution >= 0.6 is 0 Å². The lowest BCUT2D eigenvalue weighted by Gasteiger charge is -2.58. The van der Waals surface area contributed by atoms with Crippen LogP contribution in [0.2, 0.25) is 0 Å². The van der Waals surface area contributed by atoms with Gasteiger partial charge >= 0.3 is 5.97 Å². The summed E-state index contributed by atoms with van der Waals surface area (Å²) in [4.78, 5) is 22.8. The van der Waals surface area contributed by atoms with Crippen LogP contribution in [0, 0.1) is 40.4 Å². The van der Waals surface area contributed by atoms with Gasteiger partial charge in [0.2, 0.25) is 5.91 Å². The molecule has 3 fully saturated rings. The Labute approximate surface area is 217 Å². The van der Waals surface area contributed by atoms with Gasteiger partial charge < -0.3 is 14.8 Å². The zero-order chi connectivity index (χ0) is 25.8. The lowest BCUT2D eigenvalue weighted by Crippen LogP contribution is -2.50. The molecule has 4 aliphatic carbocycles. The van der Waals surface area contributed by atoms with E-state index in [1.807, 2.05) is 0 Å². The largest absolute Gasteiger partial charge is 0.494 e. The van der Waals surface area contributed by atoms with Crippen LogP contribution in [0.4, 0.5) is 0 Å². The first-order valence-corrected chi connectivity index (χ1v) is 14.5. The molecule has 5 rings (SSSR count). The average molecular weight is 498 g/mol. The lowest BCUT2D eigenvalue weighted by molar-refractivity contribution is -0.148. The SMILES string of the molecule is CC(=O)NCC(C)CCC1=C(C)C2C(CC3C4CC=C5CC(OC(C)=O)CC[C@]5(C)C4CC[C@@]32C)O1. The van der Waals surface area contributed by atoms with Crippen molar-refractivity contribution < 1.29 is 19.1 Å². The molecule has 0 radical (unpaired) electrons. The van der Waals surface area contributed by atoms with Crippen LogP contribution in [0.15, 0.2) is 23.0 Å². The summed E-state index contributed by atoms with van der Waals surface area (Å²) in [5.74, 6) is 4.37. The number of carbonyl (C=O) groups is 2. The van der Waals surface area contributed by atoms with Gasteiger partial charge in [0.1, 0.15) is 12.2 Å². The zero-order valence-corrected chi connectivity index (χ0v) is 23.3. The molecule has 3 saturated carbocycles. The predicted molar refractivity (Wildman–Crippen MR) is 141 cm³/mol. The van der Waals surface area contributed by atoms with E-state index in [-0.39, 0.29) is 23.4 Å². The first kappa shape index (κ1) is 25.9. The maximum atomic E-state index is 11.5. The van der Waals surface area contributed by atoms with E-state index < -0.39 is 0 Å². The molecule has 0 aromatic carbocycles. The molecule has 7 unspecified atom stereocenters. The Morgan fingerprint density at radius 3 is 2.69 bits per heavy atom. The molecule has 9 atom stereocenters. The number of fused-ring (bicyclic) bond motifs is 7. The summed E-state index contributed by atoms with van der Waals surface area (Å²) in [6, 6.07) is 0. The van der Waals surface area contributed by atoms with E-state index in [9.17, 15) is 9.59 Å². The Kier molecular flexibility index (Phi) is 6.83. The molecular formula is C31H47NO4. The van der Waals surface area contributed by atoms with Crippen LogP contribution in [0.5, 0.6) is 0 Å². The number of carbonyl (C=O) groups excluding carboxylic acids is 2. The van der Waals surface area contributed by atoms with Crippen molar-refractivity contribution in [2.45, 2.75) is 112 Å². The highest BCUT2D eigenvalue weighted by atomic mass is 16.5. The summed E-state index contributed by atoms with van der Waals surface area (Å²) >= 11 is 0. The van der Waals surface area contributed by atoms with Gasteiger partial charge in [0.05, 0.1) is 5.76 Å². The molecule has 5 heteroatoms. The smallest absolute Gasteiger partial charge is 0.302 e. The minimum Gasteiger partial charge on any atom is -0.494 e. The van der Waals surface area contributed by atoms with Crippen LogP contribution in [-0.2, 0) is 19.1 Å². The number of hydrogen-bond donors (Lipinski definition) is 1.